The van der Waals surface area contributed by atoms with Crippen LogP contribution in [0.5, 0.6) is 11.5 Å². The maximum atomic E-state index is 13.7. The number of ketones is 1. The fourth-order valence-electron chi connectivity index (χ4n) is 4.97. The van der Waals surface area contributed by atoms with Crippen molar-refractivity contribution in [3.8, 4) is 11.5 Å². The lowest BCUT2D eigenvalue weighted by Crippen LogP contribution is -2.29. The third kappa shape index (κ3) is 4.59. The van der Waals surface area contributed by atoms with Crippen LogP contribution in [-0.2, 0) is 16.1 Å². The summed E-state index contributed by atoms with van der Waals surface area (Å²) in [5.74, 6) is -1.60. The van der Waals surface area contributed by atoms with Gasteiger partial charge in [-0.15, -0.1) is 0 Å². The van der Waals surface area contributed by atoms with Crippen molar-refractivity contribution in [1.82, 2.24) is 5.32 Å². The maximum absolute atomic E-state index is 13.7. The lowest BCUT2D eigenvalue weighted by atomic mass is 9.79. The largest absolute Gasteiger partial charge is 0.493 e. The van der Waals surface area contributed by atoms with Gasteiger partial charge in [0.2, 0.25) is 0 Å². The standard InChI is InChI=1S/C30H24BrNO7/c1-15-24(30(36)38-3)25(26-27(32-15)18-6-4-5-7-19(18)28(26)33)20-12-22(37-2)23(13-21(20)31)39-14-16-8-10-17(11-9-16)29(34)35/h4-13,25,32H,14H2,1-3H3,(H,34,35)/t25-/m1/s1. The van der Waals surface area contributed by atoms with Crippen LogP contribution in [0, 0.1) is 0 Å². The number of Topliss-reactive ketones (excluding diaryl/α,β-unsaturated/α-hetero) is 1. The number of carbonyl (C=O) groups is 3. The van der Waals surface area contributed by atoms with Crippen LogP contribution in [0.2, 0.25) is 0 Å². The summed E-state index contributed by atoms with van der Waals surface area (Å²) in [6, 6.07) is 17.2. The minimum atomic E-state index is -1.00. The molecule has 0 saturated carbocycles. The normalized spacial score (nSPS) is 15.9. The minimum Gasteiger partial charge on any atom is -0.493 e. The Kier molecular flexibility index (Phi) is 7.01. The van der Waals surface area contributed by atoms with Gasteiger partial charge in [0.1, 0.15) is 6.61 Å². The van der Waals surface area contributed by atoms with Crippen molar-refractivity contribution in [2.45, 2.75) is 19.4 Å². The average molecular weight is 590 g/mol. The van der Waals surface area contributed by atoms with Crippen LogP contribution in [0.4, 0.5) is 0 Å². The van der Waals surface area contributed by atoms with Crippen LogP contribution in [0.1, 0.15) is 50.2 Å². The Bertz CT molecular complexity index is 1590. The highest BCUT2D eigenvalue weighted by molar-refractivity contribution is 9.10. The van der Waals surface area contributed by atoms with E-state index in [2.05, 4.69) is 21.2 Å². The van der Waals surface area contributed by atoms with E-state index in [0.717, 1.165) is 11.1 Å². The summed E-state index contributed by atoms with van der Waals surface area (Å²) in [6.07, 6.45) is 0. The van der Waals surface area contributed by atoms with Gasteiger partial charge in [0.05, 0.1) is 37.0 Å². The molecule has 0 bridgehead atoms. The van der Waals surface area contributed by atoms with Gasteiger partial charge in [-0.05, 0) is 42.3 Å². The predicted octanol–water partition coefficient (Wildman–Crippen LogP) is 5.48. The quantitative estimate of drug-likeness (QED) is 0.349. The molecular weight excluding hydrogens is 566 g/mol. The van der Waals surface area contributed by atoms with E-state index < -0.39 is 17.9 Å². The number of aromatic carboxylic acids is 1. The summed E-state index contributed by atoms with van der Waals surface area (Å²) in [4.78, 5) is 37.8. The Morgan fingerprint density at radius 2 is 1.69 bits per heavy atom. The number of benzene rings is 3. The number of carboxylic acid groups (broad SMARTS) is 1. The van der Waals surface area contributed by atoms with Crippen molar-refractivity contribution < 1.29 is 33.7 Å². The van der Waals surface area contributed by atoms with E-state index in [9.17, 15) is 14.4 Å². The number of carbonyl (C=O) groups excluding carboxylic acids is 2. The summed E-state index contributed by atoms with van der Waals surface area (Å²) in [7, 11) is 2.82. The van der Waals surface area contributed by atoms with Crippen molar-refractivity contribution in [1.29, 1.82) is 0 Å². The van der Waals surface area contributed by atoms with Gasteiger partial charge in [0.25, 0.3) is 0 Å². The molecule has 0 spiro atoms. The first kappa shape index (κ1) is 26.2. The van der Waals surface area contributed by atoms with Crippen molar-refractivity contribution in [3.05, 3.63) is 110 Å². The second kappa shape index (κ2) is 10.4. The summed E-state index contributed by atoms with van der Waals surface area (Å²) < 4.78 is 17.4. The zero-order valence-electron chi connectivity index (χ0n) is 21.3. The SMILES string of the molecule is COC(=O)C1=C(C)NC2=C(C(=O)c3ccccc32)[C@@H]1c1cc(OC)c(OCc2ccc(C(=O)O)cc2)cc1Br. The molecule has 0 radical (unpaired) electrons. The van der Waals surface area contributed by atoms with Crippen molar-refractivity contribution in [2.75, 3.05) is 14.2 Å². The molecule has 1 aliphatic carbocycles. The molecule has 3 aromatic carbocycles. The van der Waals surface area contributed by atoms with Crippen LogP contribution in [0.3, 0.4) is 0 Å². The molecule has 1 aliphatic heterocycles. The number of allylic oxidation sites excluding steroid dienone is 2. The number of hydrogen-bond acceptors (Lipinski definition) is 7. The van der Waals surface area contributed by atoms with E-state index in [1.165, 1.54) is 26.4 Å². The zero-order valence-corrected chi connectivity index (χ0v) is 22.9. The first-order valence-corrected chi connectivity index (χ1v) is 12.8. The number of nitrogens with one attached hydrogen (secondary N) is 1. The molecule has 1 heterocycles. The molecule has 0 aromatic heterocycles. The molecule has 39 heavy (non-hydrogen) atoms. The van der Waals surface area contributed by atoms with Gasteiger partial charge in [-0.1, -0.05) is 52.3 Å². The number of methoxy groups -OCH3 is 2. The topological polar surface area (TPSA) is 111 Å². The van der Waals surface area contributed by atoms with Gasteiger partial charge in [0, 0.05) is 26.9 Å². The Hall–Kier alpha value is -4.37. The molecule has 1 atom stereocenters. The molecule has 9 heteroatoms. The highest BCUT2D eigenvalue weighted by atomic mass is 79.9. The monoisotopic (exact) mass is 589 g/mol. The lowest BCUT2D eigenvalue weighted by Gasteiger charge is -2.30. The van der Waals surface area contributed by atoms with Crippen LogP contribution in [0.25, 0.3) is 5.70 Å². The van der Waals surface area contributed by atoms with Crippen molar-refractivity contribution >= 4 is 39.3 Å². The minimum absolute atomic E-state index is 0.164. The van der Waals surface area contributed by atoms with E-state index in [0.29, 0.717) is 49.6 Å². The summed E-state index contributed by atoms with van der Waals surface area (Å²) in [6.45, 7) is 1.96. The van der Waals surface area contributed by atoms with Crippen molar-refractivity contribution in [2.24, 2.45) is 0 Å². The molecular formula is C30H24BrNO7. The number of hydrogen-bond donors (Lipinski definition) is 2. The second-order valence-electron chi connectivity index (χ2n) is 9.07. The third-order valence-corrected chi connectivity index (χ3v) is 7.53. The fraction of sp³-hybridized carbons (Fsp3) is 0.167. The van der Waals surface area contributed by atoms with E-state index in [1.807, 2.05) is 18.2 Å². The molecule has 0 fully saturated rings. The highest BCUT2D eigenvalue weighted by Gasteiger charge is 2.43. The van der Waals surface area contributed by atoms with Gasteiger partial charge in [-0.25, -0.2) is 9.59 Å². The molecule has 3 aromatic rings. The number of rotatable bonds is 7. The van der Waals surface area contributed by atoms with E-state index >= 15 is 0 Å². The molecule has 2 N–H and O–H groups in total. The molecule has 198 valence electrons. The number of esters is 1. The summed E-state index contributed by atoms with van der Waals surface area (Å²) in [5.41, 5.74) is 4.99. The van der Waals surface area contributed by atoms with Gasteiger partial charge in [-0.2, -0.15) is 0 Å². The van der Waals surface area contributed by atoms with Crippen LogP contribution >= 0.6 is 15.9 Å². The third-order valence-electron chi connectivity index (χ3n) is 6.84. The van der Waals surface area contributed by atoms with E-state index in [4.69, 9.17) is 19.3 Å². The first-order valence-electron chi connectivity index (χ1n) is 12.0. The Morgan fingerprint density at radius 1 is 1.00 bits per heavy atom. The Morgan fingerprint density at radius 3 is 2.33 bits per heavy atom. The second-order valence-corrected chi connectivity index (χ2v) is 9.92. The van der Waals surface area contributed by atoms with Crippen LogP contribution < -0.4 is 14.8 Å². The van der Waals surface area contributed by atoms with Crippen molar-refractivity contribution in [3.63, 3.8) is 0 Å². The molecule has 0 saturated heterocycles. The predicted molar refractivity (Wildman–Crippen MR) is 147 cm³/mol. The van der Waals surface area contributed by atoms with E-state index in [1.54, 1.807) is 37.3 Å². The first-order chi connectivity index (χ1) is 18.7. The van der Waals surface area contributed by atoms with Gasteiger partial charge in [-0.3, -0.25) is 4.79 Å². The number of fused-ring (bicyclic) bond motifs is 2. The van der Waals surface area contributed by atoms with Gasteiger partial charge >= 0.3 is 11.9 Å². The zero-order chi connectivity index (χ0) is 27.8. The number of halogens is 1. The molecule has 0 unspecified atom stereocenters. The van der Waals surface area contributed by atoms with Gasteiger partial charge in [0.15, 0.2) is 17.3 Å². The number of dihydropyridines is 1. The molecule has 2 aliphatic rings. The molecule has 8 nitrogen and oxygen atoms in total. The Labute approximate surface area is 233 Å². The van der Waals surface area contributed by atoms with Crippen LogP contribution in [-0.4, -0.2) is 37.0 Å². The van der Waals surface area contributed by atoms with Gasteiger partial charge < -0.3 is 24.6 Å². The molecule has 5 rings (SSSR count). The van der Waals surface area contributed by atoms with E-state index in [-0.39, 0.29) is 18.0 Å². The number of ether oxygens (including phenoxy) is 3. The lowest BCUT2D eigenvalue weighted by molar-refractivity contribution is -0.136. The average Bonchev–Trinajstić information content (AvgIpc) is 3.22. The fourth-order valence-corrected chi connectivity index (χ4v) is 5.52. The summed E-state index contributed by atoms with van der Waals surface area (Å²) >= 11 is 3.64. The molecule has 0 amide bonds. The smallest absolute Gasteiger partial charge is 0.336 e. The Balaban J connectivity index is 1.56. The maximum Gasteiger partial charge on any atom is 0.336 e. The highest BCUT2D eigenvalue weighted by Crippen LogP contribution is 2.50. The summed E-state index contributed by atoms with van der Waals surface area (Å²) in [5, 5.41) is 12.4. The number of carboxylic acids is 1. The van der Waals surface area contributed by atoms with Crippen LogP contribution in [0.15, 0.2) is 82.0 Å².